The molecule has 1 heterocycles. The summed E-state index contributed by atoms with van der Waals surface area (Å²) in [7, 11) is 3.87. The Bertz CT molecular complexity index is 522. The first kappa shape index (κ1) is 13.5. The van der Waals surface area contributed by atoms with E-state index in [-0.39, 0.29) is 11.8 Å². The minimum Gasteiger partial charge on any atom is -0.508 e. The van der Waals surface area contributed by atoms with E-state index >= 15 is 0 Å². The summed E-state index contributed by atoms with van der Waals surface area (Å²) in [5, 5.41) is 13.1. The maximum absolute atomic E-state index is 9.22. The SMILES string of the molecule is CN(C)Cc1noc([C@@H](N)Cc2ccc(O)cc2)n1. The zero-order valence-electron chi connectivity index (χ0n) is 11.1. The first-order valence-electron chi connectivity index (χ1n) is 6.05. The van der Waals surface area contributed by atoms with Gasteiger partial charge in [0.25, 0.3) is 0 Å². The molecule has 1 aromatic heterocycles. The quantitative estimate of drug-likeness (QED) is 0.838. The molecule has 0 bridgehead atoms. The number of aromatic hydroxyl groups is 1. The molecule has 0 aliphatic heterocycles. The lowest BCUT2D eigenvalue weighted by molar-refractivity contribution is 0.336. The van der Waals surface area contributed by atoms with Crippen LogP contribution in [0.15, 0.2) is 28.8 Å². The van der Waals surface area contributed by atoms with Crippen LogP contribution in [0.5, 0.6) is 5.75 Å². The highest BCUT2D eigenvalue weighted by atomic mass is 16.5. The molecule has 0 radical (unpaired) electrons. The highest BCUT2D eigenvalue weighted by Gasteiger charge is 2.15. The third kappa shape index (κ3) is 3.77. The fourth-order valence-corrected chi connectivity index (χ4v) is 1.74. The minimum atomic E-state index is -0.340. The van der Waals surface area contributed by atoms with Crippen molar-refractivity contribution in [1.29, 1.82) is 0 Å². The number of hydrogen-bond donors (Lipinski definition) is 2. The van der Waals surface area contributed by atoms with Crippen LogP contribution in [-0.4, -0.2) is 34.2 Å². The van der Waals surface area contributed by atoms with E-state index in [9.17, 15) is 5.11 Å². The summed E-state index contributed by atoms with van der Waals surface area (Å²) in [6.45, 7) is 0.620. The van der Waals surface area contributed by atoms with Crippen LogP contribution in [-0.2, 0) is 13.0 Å². The lowest BCUT2D eigenvalue weighted by Crippen LogP contribution is -2.15. The Morgan fingerprint density at radius 2 is 2.00 bits per heavy atom. The first-order valence-corrected chi connectivity index (χ1v) is 6.05. The Morgan fingerprint density at radius 3 is 2.63 bits per heavy atom. The van der Waals surface area contributed by atoms with Crippen molar-refractivity contribution in [3.8, 4) is 5.75 Å². The van der Waals surface area contributed by atoms with Crippen LogP contribution in [0.4, 0.5) is 0 Å². The maximum Gasteiger partial charge on any atom is 0.243 e. The van der Waals surface area contributed by atoms with Crippen molar-refractivity contribution in [2.24, 2.45) is 5.73 Å². The van der Waals surface area contributed by atoms with Crippen molar-refractivity contribution < 1.29 is 9.63 Å². The zero-order chi connectivity index (χ0) is 13.8. The molecule has 0 amide bonds. The Hall–Kier alpha value is -1.92. The summed E-state index contributed by atoms with van der Waals surface area (Å²) in [5.74, 6) is 1.30. The van der Waals surface area contributed by atoms with Crippen molar-refractivity contribution in [2.45, 2.75) is 19.0 Å². The van der Waals surface area contributed by atoms with Crippen LogP contribution in [0, 0.1) is 0 Å². The number of hydrogen-bond acceptors (Lipinski definition) is 6. The smallest absolute Gasteiger partial charge is 0.243 e. The highest BCUT2D eigenvalue weighted by Crippen LogP contribution is 2.17. The van der Waals surface area contributed by atoms with Gasteiger partial charge in [-0.1, -0.05) is 17.3 Å². The number of aromatic nitrogens is 2. The van der Waals surface area contributed by atoms with E-state index in [2.05, 4.69) is 10.1 Å². The van der Waals surface area contributed by atoms with Gasteiger partial charge in [-0.05, 0) is 38.2 Å². The molecule has 0 spiro atoms. The lowest BCUT2D eigenvalue weighted by atomic mass is 10.1. The predicted octanol–water partition coefficient (Wildman–Crippen LogP) is 1.08. The molecule has 2 rings (SSSR count). The fourth-order valence-electron chi connectivity index (χ4n) is 1.74. The number of phenolic OH excluding ortho intramolecular Hbond substituents is 1. The van der Waals surface area contributed by atoms with Gasteiger partial charge in [-0.25, -0.2) is 0 Å². The summed E-state index contributed by atoms with van der Waals surface area (Å²) < 4.78 is 5.16. The largest absolute Gasteiger partial charge is 0.508 e. The monoisotopic (exact) mass is 262 g/mol. The second kappa shape index (κ2) is 5.81. The standard InChI is InChI=1S/C13H18N4O2/c1-17(2)8-12-15-13(19-16-12)11(14)7-9-3-5-10(18)6-4-9/h3-6,11,18H,7-8,14H2,1-2H3/t11-/m0/s1. The van der Waals surface area contributed by atoms with Crippen molar-refractivity contribution in [3.05, 3.63) is 41.5 Å². The molecule has 19 heavy (non-hydrogen) atoms. The number of rotatable bonds is 5. The van der Waals surface area contributed by atoms with Crippen LogP contribution in [0.25, 0.3) is 0 Å². The van der Waals surface area contributed by atoms with E-state index in [0.29, 0.717) is 24.7 Å². The Kier molecular flexibility index (Phi) is 4.13. The summed E-state index contributed by atoms with van der Waals surface area (Å²) in [5.41, 5.74) is 7.05. The van der Waals surface area contributed by atoms with E-state index < -0.39 is 0 Å². The van der Waals surface area contributed by atoms with Crippen molar-refractivity contribution in [2.75, 3.05) is 14.1 Å². The van der Waals surface area contributed by atoms with Crippen LogP contribution in [0.3, 0.4) is 0 Å². The summed E-state index contributed by atoms with van der Waals surface area (Å²) in [6.07, 6.45) is 0.587. The molecule has 102 valence electrons. The molecular weight excluding hydrogens is 244 g/mol. The fraction of sp³-hybridized carbons (Fsp3) is 0.385. The van der Waals surface area contributed by atoms with Gasteiger partial charge < -0.3 is 20.3 Å². The highest BCUT2D eigenvalue weighted by molar-refractivity contribution is 5.26. The number of phenols is 1. The number of nitrogens with two attached hydrogens (primary N) is 1. The summed E-state index contributed by atoms with van der Waals surface area (Å²) >= 11 is 0. The van der Waals surface area contributed by atoms with E-state index in [1.165, 1.54) is 0 Å². The topological polar surface area (TPSA) is 88.4 Å². The Labute approximate surface area is 111 Å². The van der Waals surface area contributed by atoms with Gasteiger partial charge in [0.15, 0.2) is 5.82 Å². The minimum absolute atomic E-state index is 0.239. The molecule has 3 N–H and O–H groups in total. The second-order valence-electron chi connectivity index (χ2n) is 4.76. The Morgan fingerprint density at radius 1 is 1.32 bits per heavy atom. The zero-order valence-corrected chi connectivity index (χ0v) is 11.1. The van der Waals surface area contributed by atoms with Gasteiger partial charge in [0, 0.05) is 0 Å². The van der Waals surface area contributed by atoms with E-state index in [1.54, 1.807) is 12.1 Å². The van der Waals surface area contributed by atoms with Gasteiger partial charge in [0.2, 0.25) is 5.89 Å². The van der Waals surface area contributed by atoms with Crippen molar-refractivity contribution in [3.63, 3.8) is 0 Å². The Balaban J connectivity index is 2.01. The molecule has 0 aliphatic rings. The summed E-state index contributed by atoms with van der Waals surface area (Å²) in [4.78, 5) is 6.23. The van der Waals surface area contributed by atoms with Crippen molar-refractivity contribution in [1.82, 2.24) is 15.0 Å². The third-order valence-electron chi connectivity index (χ3n) is 2.65. The number of benzene rings is 1. The molecule has 0 unspecified atom stereocenters. The molecule has 1 aromatic carbocycles. The molecule has 6 heteroatoms. The van der Waals surface area contributed by atoms with Gasteiger partial charge in [-0.15, -0.1) is 0 Å². The van der Waals surface area contributed by atoms with Crippen molar-refractivity contribution >= 4 is 0 Å². The van der Waals surface area contributed by atoms with Gasteiger partial charge in [-0.3, -0.25) is 0 Å². The van der Waals surface area contributed by atoms with Crippen LogP contribution in [0.2, 0.25) is 0 Å². The lowest BCUT2D eigenvalue weighted by Gasteiger charge is -2.07. The van der Waals surface area contributed by atoms with E-state index in [1.807, 2.05) is 31.1 Å². The van der Waals surface area contributed by atoms with Crippen LogP contribution < -0.4 is 5.73 Å². The van der Waals surface area contributed by atoms with Crippen LogP contribution in [0.1, 0.15) is 23.3 Å². The maximum atomic E-state index is 9.22. The van der Waals surface area contributed by atoms with Gasteiger partial charge in [0.05, 0.1) is 12.6 Å². The molecule has 6 nitrogen and oxygen atoms in total. The average Bonchev–Trinajstić information content (AvgIpc) is 2.80. The van der Waals surface area contributed by atoms with Gasteiger partial charge in [0.1, 0.15) is 5.75 Å². The van der Waals surface area contributed by atoms with Gasteiger partial charge in [-0.2, -0.15) is 4.98 Å². The molecular formula is C13H18N4O2. The predicted molar refractivity (Wildman–Crippen MR) is 70.4 cm³/mol. The molecule has 2 aromatic rings. The molecule has 0 saturated heterocycles. The van der Waals surface area contributed by atoms with E-state index in [4.69, 9.17) is 10.3 Å². The second-order valence-corrected chi connectivity index (χ2v) is 4.76. The summed E-state index contributed by atoms with van der Waals surface area (Å²) in [6, 6.07) is 6.58. The average molecular weight is 262 g/mol. The molecule has 1 atom stereocenters. The molecule has 0 saturated carbocycles. The number of nitrogens with zero attached hydrogens (tertiary/aromatic N) is 3. The molecule has 0 fully saturated rings. The third-order valence-corrected chi connectivity index (χ3v) is 2.65. The molecule has 0 aliphatic carbocycles. The first-order chi connectivity index (χ1) is 9.04. The van der Waals surface area contributed by atoms with Gasteiger partial charge >= 0.3 is 0 Å². The van der Waals surface area contributed by atoms with E-state index in [0.717, 1.165) is 5.56 Å². The van der Waals surface area contributed by atoms with Crippen LogP contribution >= 0.6 is 0 Å². The normalized spacial score (nSPS) is 12.8.